The van der Waals surface area contributed by atoms with Gasteiger partial charge in [0.1, 0.15) is 0 Å². The zero-order valence-electron chi connectivity index (χ0n) is 18.1. The number of likely N-dealkylation sites (tertiary alicyclic amines) is 2. The Balaban J connectivity index is 1.38. The molecule has 0 atom stereocenters. The van der Waals surface area contributed by atoms with Crippen molar-refractivity contribution in [2.24, 2.45) is 5.14 Å². The number of benzene rings is 2. The number of hydrogen-bond acceptors (Lipinski definition) is 5. The molecule has 2 fully saturated rings. The lowest BCUT2D eigenvalue weighted by molar-refractivity contribution is 0.108. The molecule has 2 saturated heterocycles. The third kappa shape index (κ3) is 5.18. The van der Waals surface area contributed by atoms with Crippen LogP contribution in [-0.2, 0) is 19.9 Å². The van der Waals surface area contributed by atoms with E-state index < -0.39 is 25.1 Å². The second kappa shape index (κ2) is 8.90. The normalized spacial score (nSPS) is 18.3. The maximum absolute atomic E-state index is 12.7. The van der Waals surface area contributed by atoms with Gasteiger partial charge < -0.3 is 9.80 Å². The highest BCUT2D eigenvalue weighted by molar-refractivity contribution is 7.91. The van der Waals surface area contributed by atoms with Crippen LogP contribution >= 0.6 is 11.6 Å². The van der Waals surface area contributed by atoms with Crippen LogP contribution in [-0.4, -0.2) is 70.4 Å². The molecule has 0 aromatic heterocycles. The third-order valence-electron chi connectivity index (χ3n) is 6.37. The number of primary sulfonamides is 1. The van der Waals surface area contributed by atoms with Gasteiger partial charge in [-0.2, -0.15) is 0 Å². The Morgan fingerprint density at radius 2 is 1.58 bits per heavy atom. The van der Waals surface area contributed by atoms with Crippen LogP contribution in [0.3, 0.4) is 0 Å². The van der Waals surface area contributed by atoms with Crippen molar-refractivity contribution < 1.29 is 21.6 Å². The van der Waals surface area contributed by atoms with Gasteiger partial charge in [-0.3, -0.25) is 0 Å². The molecule has 2 aliphatic rings. The van der Waals surface area contributed by atoms with Crippen molar-refractivity contribution in [1.82, 2.24) is 9.80 Å². The van der Waals surface area contributed by atoms with Crippen molar-refractivity contribution in [2.45, 2.75) is 28.9 Å². The van der Waals surface area contributed by atoms with E-state index in [0.717, 1.165) is 17.4 Å². The first kappa shape index (κ1) is 24.0. The van der Waals surface area contributed by atoms with Crippen LogP contribution in [0.1, 0.15) is 24.3 Å². The predicted molar refractivity (Wildman–Crippen MR) is 127 cm³/mol. The van der Waals surface area contributed by atoms with E-state index in [9.17, 15) is 21.6 Å². The Morgan fingerprint density at radius 3 is 2.12 bits per heavy atom. The summed E-state index contributed by atoms with van der Waals surface area (Å²) in [5.41, 5.74) is 2.45. The van der Waals surface area contributed by atoms with Crippen LogP contribution in [0, 0.1) is 0 Å². The van der Waals surface area contributed by atoms with Gasteiger partial charge in [0.25, 0.3) is 0 Å². The first-order chi connectivity index (χ1) is 15.4. The van der Waals surface area contributed by atoms with Gasteiger partial charge in [-0.1, -0.05) is 41.9 Å². The highest BCUT2D eigenvalue weighted by Crippen LogP contribution is 2.33. The van der Waals surface area contributed by atoms with Gasteiger partial charge in [0.05, 0.1) is 10.1 Å². The van der Waals surface area contributed by atoms with Gasteiger partial charge in [0, 0.05) is 48.9 Å². The minimum atomic E-state index is -3.56. The molecule has 33 heavy (non-hydrogen) atoms. The number of hydrogen-bond donors (Lipinski definition) is 1. The molecular weight excluding hydrogens is 486 g/mol. The van der Waals surface area contributed by atoms with Gasteiger partial charge in [-0.25, -0.2) is 26.8 Å². The summed E-state index contributed by atoms with van der Waals surface area (Å²) in [4.78, 5) is 16.4. The summed E-state index contributed by atoms with van der Waals surface area (Å²) in [6, 6.07) is 12.4. The van der Waals surface area contributed by atoms with Crippen molar-refractivity contribution in [3.05, 3.63) is 53.1 Å². The highest BCUT2D eigenvalue weighted by Gasteiger charge is 2.36. The van der Waals surface area contributed by atoms with E-state index >= 15 is 0 Å². The van der Waals surface area contributed by atoms with Gasteiger partial charge in [-0.05, 0) is 36.1 Å². The summed E-state index contributed by atoms with van der Waals surface area (Å²) in [7, 11) is -7.00. The topological polar surface area (TPSA) is 118 Å². The molecule has 0 radical (unpaired) electrons. The summed E-state index contributed by atoms with van der Waals surface area (Å²) in [5.74, 6) is 0.199. The molecule has 2 amide bonds. The van der Waals surface area contributed by atoms with Gasteiger partial charge in [0.2, 0.25) is 10.0 Å². The van der Waals surface area contributed by atoms with Crippen LogP contribution in [0.5, 0.6) is 0 Å². The SMILES string of the molecule is CS(=O)(=O)c1cc(Cl)ccc1-c1ccc(C2CN(C(=O)N3CCC(S(N)(=O)=O)CC3)C2)cc1. The number of halogens is 1. The van der Waals surface area contributed by atoms with Crippen LogP contribution in [0.2, 0.25) is 5.02 Å². The average molecular weight is 512 g/mol. The fourth-order valence-corrected chi connectivity index (χ4v) is 6.43. The molecule has 0 aliphatic carbocycles. The minimum absolute atomic E-state index is 0.0744. The van der Waals surface area contributed by atoms with E-state index in [1.54, 1.807) is 21.9 Å². The van der Waals surface area contributed by atoms with Crippen molar-refractivity contribution in [1.29, 1.82) is 0 Å². The molecule has 0 bridgehead atoms. The molecule has 2 N–H and O–H groups in total. The molecule has 4 rings (SSSR count). The Hall–Kier alpha value is -2.14. The van der Waals surface area contributed by atoms with E-state index in [0.29, 0.717) is 49.6 Å². The van der Waals surface area contributed by atoms with Crippen molar-refractivity contribution in [3.8, 4) is 11.1 Å². The smallest absolute Gasteiger partial charge is 0.320 e. The van der Waals surface area contributed by atoms with Crippen LogP contribution in [0.15, 0.2) is 47.4 Å². The van der Waals surface area contributed by atoms with Gasteiger partial charge in [0.15, 0.2) is 9.84 Å². The zero-order chi connectivity index (χ0) is 24.0. The molecule has 0 unspecified atom stereocenters. The van der Waals surface area contributed by atoms with Gasteiger partial charge >= 0.3 is 6.03 Å². The lowest BCUT2D eigenvalue weighted by Crippen LogP contribution is -2.56. The molecule has 8 nitrogen and oxygen atoms in total. The Bertz CT molecular complexity index is 1270. The fraction of sp³-hybridized carbons (Fsp3) is 0.409. The number of sulfonamides is 1. The van der Waals surface area contributed by atoms with Crippen LogP contribution < -0.4 is 5.14 Å². The molecular formula is C22H26ClN3O5S2. The number of carbonyl (C=O) groups is 1. The Labute approximate surface area is 199 Å². The standard InChI is InChI=1S/C22H26ClN3O5S2/c1-32(28,29)21-12-18(23)6-7-20(21)16-4-2-15(3-5-16)17-13-26(14-17)22(27)25-10-8-19(9-11-25)33(24,30)31/h2-7,12,17,19H,8-11,13-14H2,1H3,(H2,24,30,31). The highest BCUT2D eigenvalue weighted by atomic mass is 35.5. The van der Waals surface area contributed by atoms with E-state index in [4.69, 9.17) is 16.7 Å². The number of rotatable bonds is 4. The summed E-state index contributed by atoms with van der Waals surface area (Å²) >= 11 is 5.99. The monoisotopic (exact) mass is 511 g/mol. The number of sulfone groups is 1. The Kier molecular flexibility index (Phi) is 6.47. The van der Waals surface area contributed by atoms with Crippen LogP contribution in [0.4, 0.5) is 4.79 Å². The average Bonchev–Trinajstić information content (AvgIpc) is 2.72. The summed E-state index contributed by atoms with van der Waals surface area (Å²) in [6.45, 7) is 1.95. The number of piperidine rings is 1. The summed E-state index contributed by atoms with van der Waals surface area (Å²) in [5, 5.41) is 5.01. The molecule has 11 heteroatoms. The molecule has 2 aliphatic heterocycles. The lowest BCUT2D eigenvalue weighted by atomic mass is 9.90. The maximum Gasteiger partial charge on any atom is 0.320 e. The summed E-state index contributed by atoms with van der Waals surface area (Å²) in [6.07, 6.45) is 1.89. The van der Waals surface area contributed by atoms with Crippen LogP contribution in [0.25, 0.3) is 11.1 Å². The van der Waals surface area contributed by atoms with E-state index in [1.165, 1.54) is 6.07 Å². The maximum atomic E-state index is 12.7. The molecule has 2 heterocycles. The largest absolute Gasteiger partial charge is 0.325 e. The molecule has 2 aromatic carbocycles. The van der Waals surface area contributed by atoms with Crippen molar-refractivity contribution >= 4 is 37.5 Å². The van der Waals surface area contributed by atoms with E-state index in [-0.39, 0.29) is 16.8 Å². The number of carbonyl (C=O) groups excluding carboxylic acids is 1. The third-order valence-corrected chi connectivity index (χ3v) is 9.14. The van der Waals surface area contributed by atoms with Crippen molar-refractivity contribution in [3.63, 3.8) is 0 Å². The molecule has 178 valence electrons. The van der Waals surface area contributed by atoms with Crippen molar-refractivity contribution in [2.75, 3.05) is 32.4 Å². The van der Waals surface area contributed by atoms with Gasteiger partial charge in [-0.15, -0.1) is 0 Å². The second-order valence-corrected chi connectivity index (χ2v) is 13.0. The zero-order valence-corrected chi connectivity index (χ0v) is 20.5. The number of amides is 2. The quantitative estimate of drug-likeness (QED) is 0.677. The fourth-order valence-electron chi connectivity index (χ4n) is 4.40. The van der Waals surface area contributed by atoms with E-state index in [2.05, 4.69) is 0 Å². The summed E-state index contributed by atoms with van der Waals surface area (Å²) < 4.78 is 47.3. The number of urea groups is 1. The molecule has 2 aromatic rings. The number of nitrogens with two attached hydrogens (primary N) is 1. The first-order valence-corrected chi connectivity index (χ1v) is 14.5. The molecule has 0 spiro atoms. The second-order valence-electron chi connectivity index (χ2n) is 8.69. The molecule has 0 saturated carbocycles. The Morgan fingerprint density at radius 1 is 0.970 bits per heavy atom. The first-order valence-electron chi connectivity index (χ1n) is 10.6. The lowest BCUT2D eigenvalue weighted by Gasteiger charge is -2.43. The minimum Gasteiger partial charge on any atom is -0.325 e. The number of nitrogens with zero attached hydrogens (tertiary/aromatic N) is 2. The predicted octanol–water partition coefficient (Wildman–Crippen LogP) is 2.68. The van der Waals surface area contributed by atoms with E-state index in [1.807, 2.05) is 24.3 Å².